The number of fused-ring (bicyclic) bond motifs is 1. The second-order valence-corrected chi connectivity index (χ2v) is 9.64. The summed E-state index contributed by atoms with van der Waals surface area (Å²) in [5.41, 5.74) is 3.89. The number of benzene rings is 3. The molecule has 7 heteroatoms. The first kappa shape index (κ1) is 22.2. The molecule has 1 aliphatic carbocycles. The number of hydrogen-bond acceptors (Lipinski definition) is 5. The Bertz CT molecular complexity index is 1300. The summed E-state index contributed by atoms with van der Waals surface area (Å²) in [7, 11) is 0. The molecule has 1 atom stereocenters. The third-order valence-electron chi connectivity index (χ3n) is 5.68. The van der Waals surface area contributed by atoms with Crippen molar-refractivity contribution in [1.29, 1.82) is 0 Å². The Hall–Kier alpha value is -3.58. The van der Waals surface area contributed by atoms with Gasteiger partial charge in [-0.1, -0.05) is 25.1 Å². The van der Waals surface area contributed by atoms with Gasteiger partial charge in [-0.3, -0.25) is 9.59 Å². The van der Waals surface area contributed by atoms with Crippen LogP contribution >= 0.6 is 11.8 Å². The highest BCUT2D eigenvalue weighted by molar-refractivity contribution is 8.00. The first-order chi connectivity index (χ1) is 16.6. The molecule has 172 valence electrons. The van der Waals surface area contributed by atoms with E-state index in [1.165, 1.54) is 11.8 Å². The maximum Gasteiger partial charge on any atom is 0.237 e. The Labute approximate surface area is 202 Å². The van der Waals surface area contributed by atoms with Crippen LogP contribution in [0, 0.1) is 5.92 Å². The SMILES string of the molecule is CCC(Sc1cccc(NC(=O)C2CC2)c1)C(=O)Nc1ccc(-c2nc3ccccc3o2)cc1. The zero-order chi connectivity index (χ0) is 23.5. The van der Waals surface area contributed by atoms with E-state index in [-0.39, 0.29) is 23.0 Å². The molecular weight excluding hydrogens is 446 g/mol. The van der Waals surface area contributed by atoms with Gasteiger partial charge in [0, 0.05) is 27.8 Å². The van der Waals surface area contributed by atoms with Crippen molar-refractivity contribution in [2.75, 3.05) is 10.6 Å². The molecule has 0 radical (unpaired) electrons. The van der Waals surface area contributed by atoms with Gasteiger partial charge in [0.1, 0.15) is 5.52 Å². The first-order valence-electron chi connectivity index (χ1n) is 11.4. The molecule has 6 nitrogen and oxygen atoms in total. The van der Waals surface area contributed by atoms with Gasteiger partial charge in [-0.25, -0.2) is 4.98 Å². The molecule has 0 aliphatic heterocycles. The lowest BCUT2D eigenvalue weighted by Gasteiger charge is -2.15. The fraction of sp³-hybridized carbons (Fsp3) is 0.222. The smallest absolute Gasteiger partial charge is 0.237 e. The Morgan fingerprint density at radius 2 is 1.79 bits per heavy atom. The van der Waals surface area contributed by atoms with E-state index in [2.05, 4.69) is 15.6 Å². The highest BCUT2D eigenvalue weighted by atomic mass is 32.2. The largest absolute Gasteiger partial charge is 0.436 e. The van der Waals surface area contributed by atoms with Crippen LogP contribution < -0.4 is 10.6 Å². The lowest BCUT2D eigenvalue weighted by molar-refractivity contribution is -0.117. The Balaban J connectivity index is 1.22. The number of oxazole rings is 1. The predicted octanol–water partition coefficient (Wildman–Crippen LogP) is 6.35. The van der Waals surface area contributed by atoms with E-state index in [0.29, 0.717) is 18.0 Å². The fourth-order valence-electron chi connectivity index (χ4n) is 3.64. The summed E-state index contributed by atoms with van der Waals surface area (Å²) in [6, 6.07) is 22.8. The van der Waals surface area contributed by atoms with E-state index in [4.69, 9.17) is 4.42 Å². The van der Waals surface area contributed by atoms with Gasteiger partial charge >= 0.3 is 0 Å². The average molecular weight is 472 g/mol. The van der Waals surface area contributed by atoms with E-state index in [1.54, 1.807) is 0 Å². The van der Waals surface area contributed by atoms with E-state index in [9.17, 15) is 9.59 Å². The number of hydrogen-bond donors (Lipinski definition) is 2. The lowest BCUT2D eigenvalue weighted by Crippen LogP contribution is -2.24. The predicted molar refractivity (Wildman–Crippen MR) is 136 cm³/mol. The van der Waals surface area contributed by atoms with Crippen molar-refractivity contribution >= 4 is 46.1 Å². The van der Waals surface area contributed by atoms with Gasteiger partial charge in [-0.2, -0.15) is 0 Å². The molecule has 34 heavy (non-hydrogen) atoms. The minimum atomic E-state index is -0.258. The number of rotatable bonds is 8. The maximum absolute atomic E-state index is 12.9. The molecule has 0 spiro atoms. The Morgan fingerprint density at radius 1 is 1.00 bits per heavy atom. The molecule has 0 saturated heterocycles. The van der Waals surface area contributed by atoms with E-state index in [0.717, 1.165) is 40.1 Å². The van der Waals surface area contributed by atoms with Gasteiger partial charge < -0.3 is 15.1 Å². The molecule has 3 aromatic carbocycles. The highest BCUT2D eigenvalue weighted by Crippen LogP contribution is 2.32. The zero-order valence-electron chi connectivity index (χ0n) is 18.8. The summed E-state index contributed by atoms with van der Waals surface area (Å²) in [4.78, 5) is 30.5. The number of thioether (sulfide) groups is 1. The van der Waals surface area contributed by atoms with Crippen molar-refractivity contribution < 1.29 is 14.0 Å². The number of anilines is 2. The molecule has 5 rings (SSSR count). The third kappa shape index (κ3) is 5.15. The Morgan fingerprint density at radius 3 is 2.53 bits per heavy atom. The highest BCUT2D eigenvalue weighted by Gasteiger charge is 2.29. The Kier molecular flexibility index (Phi) is 6.36. The first-order valence-corrected chi connectivity index (χ1v) is 12.3. The normalized spacial score (nSPS) is 14.0. The van der Waals surface area contributed by atoms with Gasteiger partial charge in [0.25, 0.3) is 0 Å². The number of nitrogens with one attached hydrogen (secondary N) is 2. The topological polar surface area (TPSA) is 84.2 Å². The van der Waals surface area contributed by atoms with Gasteiger partial charge in [-0.15, -0.1) is 11.8 Å². The number of carbonyl (C=O) groups is 2. The molecule has 1 heterocycles. The van der Waals surface area contributed by atoms with Crippen LogP contribution in [0.2, 0.25) is 0 Å². The molecule has 1 unspecified atom stereocenters. The average Bonchev–Trinajstić information content (AvgIpc) is 3.62. The molecular formula is C27H25N3O3S. The number of nitrogens with zero attached hydrogens (tertiary/aromatic N) is 1. The van der Waals surface area contributed by atoms with Crippen LogP contribution in [0.5, 0.6) is 0 Å². The molecule has 0 bridgehead atoms. The van der Waals surface area contributed by atoms with Crippen LogP contribution in [-0.4, -0.2) is 22.0 Å². The number of aromatic nitrogens is 1. The van der Waals surface area contributed by atoms with Crippen LogP contribution in [0.15, 0.2) is 82.1 Å². The van der Waals surface area contributed by atoms with Crippen LogP contribution in [0.4, 0.5) is 11.4 Å². The minimum absolute atomic E-state index is 0.0606. The molecule has 1 fully saturated rings. The van der Waals surface area contributed by atoms with Crippen molar-refractivity contribution in [3.05, 3.63) is 72.8 Å². The molecule has 1 aliphatic rings. The van der Waals surface area contributed by atoms with Crippen molar-refractivity contribution in [2.24, 2.45) is 5.92 Å². The summed E-state index contributed by atoms with van der Waals surface area (Å²) in [6.07, 6.45) is 2.61. The molecule has 1 saturated carbocycles. The van der Waals surface area contributed by atoms with E-state index < -0.39 is 0 Å². The lowest BCUT2D eigenvalue weighted by atomic mass is 10.2. The second-order valence-electron chi connectivity index (χ2n) is 8.36. The number of carbonyl (C=O) groups excluding carboxylic acids is 2. The monoisotopic (exact) mass is 471 g/mol. The molecule has 1 aromatic heterocycles. The summed E-state index contributed by atoms with van der Waals surface area (Å²) < 4.78 is 5.82. The van der Waals surface area contributed by atoms with Crippen LogP contribution in [0.1, 0.15) is 26.2 Å². The van der Waals surface area contributed by atoms with Gasteiger partial charge in [0.15, 0.2) is 5.58 Å². The minimum Gasteiger partial charge on any atom is -0.436 e. The van der Waals surface area contributed by atoms with Crippen molar-refractivity contribution in [1.82, 2.24) is 4.98 Å². The molecule has 4 aromatic rings. The standard InChI is InChI=1S/C27H25N3O3S/c1-2-24(34-21-7-5-6-20(16-21)29-25(31)17-10-11-17)26(32)28-19-14-12-18(13-15-19)27-30-22-8-3-4-9-23(22)33-27/h3-9,12-17,24H,2,10-11H2,1H3,(H,28,32)(H,29,31). The van der Waals surface area contributed by atoms with Crippen molar-refractivity contribution in [3.63, 3.8) is 0 Å². The maximum atomic E-state index is 12.9. The summed E-state index contributed by atoms with van der Waals surface area (Å²) in [6.45, 7) is 1.99. The van der Waals surface area contributed by atoms with Crippen molar-refractivity contribution in [2.45, 2.75) is 36.3 Å². The van der Waals surface area contributed by atoms with E-state index in [1.807, 2.05) is 79.7 Å². The van der Waals surface area contributed by atoms with E-state index >= 15 is 0 Å². The molecule has 2 N–H and O–H groups in total. The van der Waals surface area contributed by atoms with Crippen LogP contribution in [0.3, 0.4) is 0 Å². The second kappa shape index (κ2) is 9.73. The van der Waals surface area contributed by atoms with Gasteiger partial charge in [0.2, 0.25) is 17.7 Å². The van der Waals surface area contributed by atoms with Gasteiger partial charge in [0.05, 0.1) is 5.25 Å². The molecule has 2 amide bonds. The zero-order valence-corrected chi connectivity index (χ0v) is 19.6. The summed E-state index contributed by atoms with van der Waals surface area (Å²) in [5, 5.41) is 5.72. The summed E-state index contributed by atoms with van der Waals surface area (Å²) in [5.74, 6) is 0.719. The third-order valence-corrected chi connectivity index (χ3v) is 7.04. The van der Waals surface area contributed by atoms with Crippen LogP contribution in [0.25, 0.3) is 22.6 Å². The van der Waals surface area contributed by atoms with Crippen LogP contribution in [-0.2, 0) is 9.59 Å². The fourth-order valence-corrected chi connectivity index (χ4v) is 4.65. The van der Waals surface area contributed by atoms with Crippen molar-refractivity contribution in [3.8, 4) is 11.5 Å². The number of para-hydroxylation sites is 2. The number of amides is 2. The van der Waals surface area contributed by atoms with Gasteiger partial charge in [-0.05, 0) is 73.9 Å². The quantitative estimate of drug-likeness (QED) is 0.292. The summed E-state index contributed by atoms with van der Waals surface area (Å²) >= 11 is 1.50.